The fourth-order valence-electron chi connectivity index (χ4n) is 3.45. The predicted octanol–water partition coefficient (Wildman–Crippen LogP) is 4.48. The molecule has 0 fully saturated rings. The topological polar surface area (TPSA) is 49.9 Å². The van der Waals surface area contributed by atoms with Gasteiger partial charge in [0.1, 0.15) is 0 Å². The van der Waals surface area contributed by atoms with Crippen molar-refractivity contribution >= 4 is 41.7 Å². The Morgan fingerprint density at radius 1 is 1.13 bits per heavy atom. The van der Waals surface area contributed by atoms with Crippen molar-refractivity contribution in [1.29, 1.82) is 0 Å². The molecule has 0 radical (unpaired) electrons. The molecule has 1 heterocycles. The molecule has 1 aliphatic rings. The summed E-state index contributed by atoms with van der Waals surface area (Å²) in [5.74, 6) is -0.609. The summed E-state index contributed by atoms with van der Waals surface area (Å²) >= 11 is 1.58. The molecule has 2 aromatic carbocycles. The van der Waals surface area contributed by atoms with Gasteiger partial charge in [0.15, 0.2) is 6.10 Å². The van der Waals surface area contributed by atoms with Crippen molar-refractivity contribution in [2.24, 2.45) is 0 Å². The fraction of sp³-hybridized carbons (Fsp3) is 0.391. The Morgan fingerprint density at radius 3 is 2.43 bits per heavy atom. The lowest BCUT2D eigenvalue weighted by Crippen LogP contribution is -2.43. The minimum Gasteiger partial charge on any atom is -0.451 e. The number of esters is 1. The first-order valence-corrected chi connectivity index (χ1v) is 10.7. The fourth-order valence-corrected chi connectivity index (χ4v) is 4.76. The van der Waals surface area contributed by atoms with Crippen LogP contribution in [-0.4, -0.2) is 50.1 Å². The second kappa shape index (κ2) is 10.8. The van der Waals surface area contributed by atoms with Crippen molar-refractivity contribution in [3.8, 4) is 0 Å². The molecule has 7 heteroatoms. The summed E-state index contributed by atoms with van der Waals surface area (Å²) in [6, 6.07) is 16.0. The number of ether oxygens (including phenoxy) is 1. The number of fused-ring (bicyclic) bond motifs is 1. The molecule has 0 aromatic heterocycles. The average Bonchev–Trinajstić information content (AvgIpc) is 2.78. The second-order valence-corrected chi connectivity index (χ2v) is 8.78. The van der Waals surface area contributed by atoms with Gasteiger partial charge in [0.2, 0.25) is 0 Å². The number of halogens is 1. The summed E-state index contributed by atoms with van der Waals surface area (Å²) in [7, 11) is 4.03. The number of thioether (sulfide) groups is 1. The van der Waals surface area contributed by atoms with Crippen molar-refractivity contribution in [3.05, 3.63) is 59.7 Å². The van der Waals surface area contributed by atoms with E-state index in [1.165, 1.54) is 6.92 Å². The summed E-state index contributed by atoms with van der Waals surface area (Å²) in [5, 5.41) is -0.299. The monoisotopic (exact) mass is 448 g/mol. The molecule has 30 heavy (non-hydrogen) atoms. The Hall–Kier alpha value is -2.02. The number of rotatable bonds is 6. The van der Waals surface area contributed by atoms with Gasteiger partial charge in [0.05, 0.1) is 10.9 Å². The van der Waals surface area contributed by atoms with E-state index in [1.807, 2.05) is 69.6 Å². The summed E-state index contributed by atoms with van der Waals surface area (Å²) < 4.78 is 5.61. The molecule has 162 valence electrons. The van der Waals surface area contributed by atoms with E-state index in [2.05, 4.69) is 4.90 Å². The van der Waals surface area contributed by atoms with Crippen LogP contribution in [0, 0.1) is 6.92 Å². The van der Waals surface area contributed by atoms with Crippen molar-refractivity contribution in [3.63, 3.8) is 0 Å². The van der Waals surface area contributed by atoms with Crippen LogP contribution in [0.2, 0.25) is 0 Å². The number of carbonyl (C=O) groups is 2. The highest BCUT2D eigenvalue weighted by molar-refractivity contribution is 7.99. The van der Waals surface area contributed by atoms with E-state index < -0.39 is 12.1 Å². The molecule has 0 spiro atoms. The molecule has 2 atom stereocenters. The van der Waals surface area contributed by atoms with Gasteiger partial charge >= 0.3 is 5.97 Å². The van der Waals surface area contributed by atoms with Crippen LogP contribution in [0.5, 0.6) is 0 Å². The average molecular weight is 449 g/mol. The zero-order chi connectivity index (χ0) is 21.0. The largest absolute Gasteiger partial charge is 0.451 e. The molecule has 3 rings (SSSR count). The molecule has 2 unspecified atom stereocenters. The van der Waals surface area contributed by atoms with Gasteiger partial charge in [-0.3, -0.25) is 9.59 Å². The van der Waals surface area contributed by atoms with Gasteiger partial charge in [0.25, 0.3) is 5.91 Å². The number of aryl methyl sites for hydroxylation is 1. The van der Waals surface area contributed by atoms with E-state index in [9.17, 15) is 9.59 Å². The molecule has 0 saturated carbocycles. The van der Waals surface area contributed by atoms with E-state index in [0.29, 0.717) is 6.54 Å². The Kier molecular flexibility index (Phi) is 8.77. The molecule has 1 amide bonds. The van der Waals surface area contributed by atoms with E-state index in [-0.39, 0.29) is 23.6 Å². The second-order valence-electron chi connectivity index (χ2n) is 7.59. The third kappa shape index (κ3) is 5.78. The van der Waals surface area contributed by atoms with Crippen molar-refractivity contribution in [2.45, 2.75) is 36.5 Å². The SMILES string of the molecule is CC(=O)OC1C(=O)N(CCCN(C)C)c2ccccc2SC1c1ccc(C)cc1.Cl. The standard InChI is InChI=1S/C23H28N2O3S.ClH/c1-16-10-12-18(13-11-16)22-21(28-17(2)26)23(27)25(15-7-14-24(3)4)19-8-5-6-9-20(19)29-22;/h5-6,8-13,21-22H,7,14-15H2,1-4H3;1H. The van der Waals surface area contributed by atoms with Gasteiger partial charge in [-0.05, 0) is 51.7 Å². The summed E-state index contributed by atoms with van der Waals surface area (Å²) in [4.78, 5) is 30.4. The quantitative estimate of drug-likeness (QED) is 0.610. The lowest BCUT2D eigenvalue weighted by atomic mass is 10.0. The molecule has 0 saturated heterocycles. The number of anilines is 1. The highest BCUT2D eigenvalue weighted by Gasteiger charge is 2.40. The molecular weight excluding hydrogens is 420 g/mol. The number of para-hydroxylation sites is 1. The third-order valence-corrected chi connectivity index (χ3v) is 6.25. The molecule has 0 N–H and O–H groups in total. The number of nitrogens with zero attached hydrogens (tertiary/aromatic N) is 2. The van der Waals surface area contributed by atoms with Crippen LogP contribution < -0.4 is 4.90 Å². The highest BCUT2D eigenvalue weighted by atomic mass is 35.5. The van der Waals surface area contributed by atoms with Crippen LogP contribution in [-0.2, 0) is 14.3 Å². The number of benzene rings is 2. The van der Waals surface area contributed by atoms with Crippen molar-refractivity contribution in [2.75, 3.05) is 32.1 Å². The third-order valence-electron chi connectivity index (χ3n) is 4.88. The Bertz CT molecular complexity index is 873. The van der Waals surface area contributed by atoms with Crippen molar-refractivity contribution in [1.82, 2.24) is 4.90 Å². The van der Waals surface area contributed by atoms with Gasteiger partial charge < -0.3 is 14.5 Å². The van der Waals surface area contributed by atoms with Gasteiger partial charge in [-0.2, -0.15) is 0 Å². The lowest BCUT2D eigenvalue weighted by molar-refractivity contribution is -0.152. The minimum atomic E-state index is -0.869. The first-order valence-electron chi connectivity index (χ1n) is 9.82. The molecular formula is C23H29ClN2O3S. The summed E-state index contributed by atoms with van der Waals surface area (Å²) in [5.41, 5.74) is 3.01. The Morgan fingerprint density at radius 2 is 1.80 bits per heavy atom. The molecule has 0 aliphatic carbocycles. The Labute approximate surface area is 189 Å². The maximum absolute atomic E-state index is 13.6. The smallest absolute Gasteiger partial charge is 0.303 e. The van der Waals surface area contributed by atoms with Crippen LogP contribution in [0.3, 0.4) is 0 Å². The van der Waals surface area contributed by atoms with Crippen LogP contribution >= 0.6 is 24.2 Å². The Balaban J connectivity index is 0.00000320. The summed E-state index contributed by atoms with van der Waals surface area (Å²) in [6.45, 7) is 4.84. The zero-order valence-corrected chi connectivity index (χ0v) is 19.5. The summed E-state index contributed by atoms with van der Waals surface area (Å²) in [6.07, 6.45) is -0.0355. The number of amides is 1. The molecule has 1 aliphatic heterocycles. The van der Waals surface area contributed by atoms with Crippen molar-refractivity contribution < 1.29 is 14.3 Å². The van der Waals surface area contributed by atoms with Crippen LogP contribution in [0.15, 0.2) is 53.4 Å². The molecule has 5 nitrogen and oxygen atoms in total. The molecule has 0 bridgehead atoms. The maximum atomic E-state index is 13.6. The van der Waals surface area contributed by atoms with E-state index in [0.717, 1.165) is 34.7 Å². The van der Waals surface area contributed by atoms with Gasteiger partial charge in [-0.15, -0.1) is 24.2 Å². The number of hydrogen-bond donors (Lipinski definition) is 0. The zero-order valence-electron chi connectivity index (χ0n) is 17.8. The van der Waals surface area contributed by atoms with Gasteiger partial charge in [-0.25, -0.2) is 0 Å². The van der Waals surface area contributed by atoms with Crippen LogP contribution in [0.25, 0.3) is 0 Å². The number of hydrogen-bond acceptors (Lipinski definition) is 5. The van der Waals surface area contributed by atoms with E-state index in [4.69, 9.17) is 4.74 Å². The van der Waals surface area contributed by atoms with E-state index >= 15 is 0 Å². The maximum Gasteiger partial charge on any atom is 0.303 e. The predicted molar refractivity (Wildman–Crippen MR) is 125 cm³/mol. The minimum absolute atomic E-state index is 0. The highest BCUT2D eigenvalue weighted by Crippen LogP contribution is 2.46. The lowest BCUT2D eigenvalue weighted by Gasteiger charge is -2.28. The van der Waals surface area contributed by atoms with Gasteiger partial charge in [-0.1, -0.05) is 42.0 Å². The first-order chi connectivity index (χ1) is 13.9. The molecule has 2 aromatic rings. The van der Waals surface area contributed by atoms with Crippen LogP contribution in [0.1, 0.15) is 29.7 Å². The van der Waals surface area contributed by atoms with E-state index in [1.54, 1.807) is 16.7 Å². The normalized spacial score (nSPS) is 18.4. The van der Waals surface area contributed by atoms with Gasteiger partial charge in [0, 0.05) is 18.4 Å². The first kappa shape index (κ1) is 24.3. The van der Waals surface area contributed by atoms with Crippen LogP contribution in [0.4, 0.5) is 5.69 Å². The number of carbonyl (C=O) groups excluding carboxylic acids is 2.